The molecule has 0 radical (unpaired) electrons. The van der Waals surface area contributed by atoms with Crippen molar-refractivity contribution in [3.05, 3.63) is 59.0 Å². The minimum Gasteiger partial charge on any atom is -0.351 e. The first-order valence-electron chi connectivity index (χ1n) is 6.97. The van der Waals surface area contributed by atoms with Crippen LogP contribution in [0.5, 0.6) is 0 Å². The third-order valence-electron chi connectivity index (χ3n) is 3.35. The van der Waals surface area contributed by atoms with Crippen LogP contribution >= 0.6 is 0 Å². The van der Waals surface area contributed by atoms with E-state index in [4.69, 9.17) is 0 Å². The Labute approximate surface area is 126 Å². The van der Waals surface area contributed by atoms with E-state index >= 15 is 0 Å². The van der Waals surface area contributed by atoms with Crippen molar-refractivity contribution in [1.82, 2.24) is 25.1 Å². The average molecular weight is 297 g/mol. The number of nitrogens with one attached hydrogen (secondary N) is 2. The lowest BCUT2D eigenvalue weighted by molar-refractivity contribution is 0.0948. The first kappa shape index (κ1) is 14.0. The SMILES string of the molecule is O=C(NCCCn1ccnc1)c1n[nH]c(=O)c2ccccc12. The molecule has 1 aromatic carbocycles. The number of benzene rings is 1. The zero-order valence-electron chi connectivity index (χ0n) is 11.8. The fourth-order valence-electron chi connectivity index (χ4n) is 2.25. The number of rotatable bonds is 5. The maximum atomic E-state index is 12.2. The van der Waals surface area contributed by atoms with Gasteiger partial charge in [0.25, 0.3) is 11.5 Å². The van der Waals surface area contributed by atoms with E-state index in [0.717, 1.165) is 13.0 Å². The highest BCUT2D eigenvalue weighted by Crippen LogP contribution is 2.11. The van der Waals surface area contributed by atoms with Crippen molar-refractivity contribution in [2.24, 2.45) is 0 Å². The molecule has 0 saturated carbocycles. The predicted octanol–water partition coefficient (Wildman–Crippen LogP) is 0.940. The summed E-state index contributed by atoms with van der Waals surface area (Å²) in [6.45, 7) is 1.30. The number of nitrogens with zero attached hydrogens (tertiary/aromatic N) is 3. The van der Waals surface area contributed by atoms with E-state index in [1.54, 1.807) is 36.8 Å². The van der Waals surface area contributed by atoms with Crippen molar-refractivity contribution in [1.29, 1.82) is 0 Å². The topological polar surface area (TPSA) is 92.7 Å². The van der Waals surface area contributed by atoms with E-state index in [0.29, 0.717) is 17.3 Å². The largest absolute Gasteiger partial charge is 0.351 e. The average Bonchev–Trinajstić information content (AvgIpc) is 3.05. The van der Waals surface area contributed by atoms with Gasteiger partial charge in [-0.1, -0.05) is 18.2 Å². The van der Waals surface area contributed by atoms with Gasteiger partial charge in [-0.3, -0.25) is 9.59 Å². The summed E-state index contributed by atoms with van der Waals surface area (Å²) in [7, 11) is 0. The molecule has 7 nitrogen and oxygen atoms in total. The lowest BCUT2D eigenvalue weighted by Gasteiger charge is -2.07. The molecule has 3 rings (SSSR count). The normalized spacial score (nSPS) is 10.7. The molecule has 22 heavy (non-hydrogen) atoms. The number of carbonyl (C=O) groups is 1. The number of aromatic amines is 1. The molecule has 0 fully saturated rings. The summed E-state index contributed by atoms with van der Waals surface area (Å²) in [5, 5.41) is 10.1. The Morgan fingerprint density at radius 1 is 1.27 bits per heavy atom. The van der Waals surface area contributed by atoms with Crippen LogP contribution in [0.1, 0.15) is 16.9 Å². The van der Waals surface area contributed by atoms with Crippen LogP contribution in [0.15, 0.2) is 47.8 Å². The van der Waals surface area contributed by atoms with Gasteiger partial charge in [-0.25, -0.2) is 10.1 Å². The number of H-pyrrole nitrogens is 1. The molecule has 2 N–H and O–H groups in total. The first-order valence-corrected chi connectivity index (χ1v) is 6.97. The molecule has 0 bridgehead atoms. The smallest absolute Gasteiger partial charge is 0.272 e. The number of aromatic nitrogens is 4. The number of hydrogen-bond acceptors (Lipinski definition) is 4. The molecular formula is C15H15N5O2. The molecule has 2 aromatic heterocycles. The number of fused-ring (bicyclic) bond motifs is 1. The van der Waals surface area contributed by atoms with Crippen molar-refractivity contribution in [3.8, 4) is 0 Å². The highest BCUT2D eigenvalue weighted by atomic mass is 16.2. The van der Waals surface area contributed by atoms with Gasteiger partial charge < -0.3 is 9.88 Å². The van der Waals surface area contributed by atoms with Crippen LogP contribution in [0, 0.1) is 0 Å². The highest BCUT2D eigenvalue weighted by Gasteiger charge is 2.13. The maximum Gasteiger partial charge on any atom is 0.272 e. The minimum absolute atomic E-state index is 0.234. The van der Waals surface area contributed by atoms with Gasteiger partial charge in [0.1, 0.15) is 0 Å². The van der Waals surface area contributed by atoms with E-state index in [1.807, 2.05) is 10.8 Å². The number of aryl methyl sites for hydroxylation is 1. The van der Waals surface area contributed by atoms with E-state index in [-0.39, 0.29) is 17.2 Å². The summed E-state index contributed by atoms with van der Waals surface area (Å²) in [6, 6.07) is 6.92. The van der Waals surface area contributed by atoms with Gasteiger partial charge in [-0.15, -0.1) is 0 Å². The Kier molecular flexibility index (Phi) is 3.95. The fraction of sp³-hybridized carbons (Fsp3) is 0.200. The number of imidazole rings is 1. The quantitative estimate of drug-likeness (QED) is 0.685. The molecule has 0 unspecified atom stereocenters. The number of carbonyl (C=O) groups excluding carboxylic acids is 1. The van der Waals surface area contributed by atoms with Gasteiger partial charge >= 0.3 is 0 Å². The third-order valence-corrected chi connectivity index (χ3v) is 3.35. The molecule has 0 aliphatic carbocycles. The van der Waals surface area contributed by atoms with Crippen LogP contribution in [0.2, 0.25) is 0 Å². The Morgan fingerprint density at radius 3 is 2.86 bits per heavy atom. The zero-order chi connectivity index (χ0) is 15.4. The van der Waals surface area contributed by atoms with Crippen molar-refractivity contribution in [3.63, 3.8) is 0 Å². The Morgan fingerprint density at radius 2 is 2.09 bits per heavy atom. The number of amides is 1. The van der Waals surface area contributed by atoms with Gasteiger partial charge in [0.05, 0.1) is 11.7 Å². The van der Waals surface area contributed by atoms with Crippen molar-refractivity contribution >= 4 is 16.7 Å². The molecule has 112 valence electrons. The minimum atomic E-state index is -0.299. The van der Waals surface area contributed by atoms with E-state index in [2.05, 4.69) is 20.5 Å². The molecule has 1 amide bonds. The van der Waals surface area contributed by atoms with Gasteiger partial charge in [-0.05, 0) is 12.5 Å². The second kappa shape index (κ2) is 6.21. The van der Waals surface area contributed by atoms with Crippen LogP contribution in [0.3, 0.4) is 0 Å². The molecule has 2 heterocycles. The molecular weight excluding hydrogens is 282 g/mol. The van der Waals surface area contributed by atoms with E-state index in [1.165, 1.54) is 0 Å². The van der Waals surface area contributed by atoms with Crippen LogP contribution in [0.4, 0.5) is 0 Å². The number of hydrogen-bond donors (Lipinski definition) is 2. The first-order chi connectivity index (χ1) is 10.8. The van der Waals surface area contributed by atoms with Gasteiger partial charge in [0.15, 0.2) is 5.69 Å². The summed E-state index contributed by atoms with van der Waals surface area (Å²) >= 11 is 0. The van der Waals surface area contributed by atoms with Crippen LogP contribution in [-0.4, -0.2) is 32.2 Å². The van der Waals surface area contributed by atoms with E-state index < -0.39 is 0 Å². The van der Waals surface area contributed by atoms with Crippen molar-refractivity contribution in [2.75, 3.05) is 6.54 Å². The summed E-state index contributed by atoms with van der Waals surface area (Å²) < 4.78 is 1.94. The molecule has 0 saturated heterocycles. The zero-order valence-corrected chi connectivity index (χ0v) is 11.8. The lowest BCUT2D eigenvalue weighted by Crippen LogP contribution is -2.27. The molecule has 7 heteroatoms. The Bertz CT molecular complexity index is 839. The second-order valence-electron chi connectivity index (χ2n) is 4.86. The van der Waals surface area contributed by atoms with Crippen LogP contribution in [0.25, 0.3) is 10.8 Å². The summed E-state index contributed by atoms with van der Waals surface area (Å²) in [4.78, 5) is 27.9. The molecule has 0 aliphatic heterocycles. The molecule has 3 aromatic rings. The highest BCUT2D eigenvalue weighted by molar-refractivity contribution is 6.04. The fourth-order valence-corrected chi connectivity index (χ4v) is 2.25. The van der Waals surface area contributed by atoms with Crippen LogP contribution < -0.4 is 10.9 Å². The van der Waals surface area contributed by atoms with Gasteiger partial charge in [0.2, 0.25) is 0 Å². The lowest BCUT2D eigenvalue weighted by atomic mass is 10.1. The second-order valence-corrected chi connectivity index (χ2v) is 4.86. The van der Waals surface area contributed by atoms with E-state index in [9.17, 15) is 9.59 Å². The van der Waals surface area contributed by atoms with Crippen molar-refractivity contribution < 1.29 is 4.79 Å². The third kappa shape index (κ3) is 2.88. The maximum absolute atomic E-state index is 12.2. The monoisotopic (exact) mass is 297 g/mol. The Hall–Kier alpha value is -2.96. The summed E-state index contributed by atoms with van der Waals surface area (Å²) in [5.74, 6) is -0.293. The summed E-state index contributed by atoms with van der Waals surface area (Å²) in [6.07, 6.45) is 6.11. The van der Waals surface area contributed by atoms with Crippen LogP contribution in [-0.2, 0) is 6.54 Å². The molecule has 0 spiro atoms. The predicted molar refractivity (Wildman–Crippen MR) is 81.5 cm³/mol. The van der Waals surface area contributed by atoms with Gasteiger partial charge in [-0.2, -0.15) is 5.10 Å². The molecule has 0 atom stereocenters. The summed E-state index contributed by atoms with van der Waals surface area (Å²) in [5.41, 5.74) is -0.0647. The standard InChI is InChI=1S/C15H15N5O2/c21-14-12-5-2-1-4-11(12)13(18-19-14)15(22)17-6-3-8-20-9-7-16-10-20/h1-2,4-5,7,9-10H,3,6,8H2,(H,17,22)(H,19,21). The molecule has 0 aliphatic rings. The van der Waals surface area contributed by atoms with Crippen molar-refractivity contribution in [2.45, 2.75) is 13.0 Å². The Balaban J connectivity index is 1.67. The van der Waals surface area contributed by atoms with Gasteiger partial charge in [0, 0.05) is 30.9 Å².